The van der Waals surface area contributed by atoms with Crippen LogP contribution in [0.3, 0.4) is 0 Å². The minimum atomic E-state index is -3.74. The van der Waals surface area contributed by atoms with Gasteiger partial charge in [0.25, 0.3) is 6.43 Å². The Morgan fingerprint density at radius 3 is 2.45 bits per heavy atom. The van der Waals surface area contributed by atoms with Crippen molar-refractivity contribution in [2.24, 2.45) is 5.73 Å². The smallest absolute Gasteiger partial charge is 0.273 e. The molecule has 0 radical (unpaired) electrons. The number of nitrogens with two attached hydrogens (primary N) is 1. The molecule has 0 saturated carbocycles. The Hall–Kier alpha value is -0.900. The highest BCUT2D eigenvalue weighted by Crippen LogP contribution is 2.29. The summed E-state index contributed by atoms with van der Waals surface area (Å²) in [4.78, 5) is 0.00437. The number of thiocarbonyl (C=S) groups is 1. The highest BCUT2D eigenvalue weighted by Gasteiger charge is 2.24. The maximum atomic E-state index is 13.2. The maximum Gasteiger partial charge on any atom is 0.273 e. The molecule has 1 aromatic carbocycles. The van der Waals surface area contributed by atoms with Crippen LogP contribution in [0.5, 0.6) is 0 Å². The lowest BCUT2D eigenvalue weighted by Crippen LogP contribution is -2.35. The van der Waals surface area contributed by atoms with E-state index in [0.29, 0.717) is 0 Å². The van der Waals surface area contributed by atoms with Crippen LogP contribution in [0.2, 0.25) is 5.02 Å². The quantitative estimate of drug-likeness (QED) is 0.745. The Balaban J connectivity index is 2.97. The van der Waals surface area contributed by atoms with Gasteiger partial charge in [0, 0.05) is 12.1 Å². The molecule has 22 heavy (non-hydrogen) atoms. The zero-order valence-corrected chi connectivity index (χ0v) is 13.9. The molecule has 1 rings (SSSR count). The number of sulfonamides is 1. The van der Waals surface area contributed by atoms with Crippen LogP contribution in [0.25, 0.3) is 0 Å². The number of nitrogens with zero attached hydrogens (tertiary/aromatic N) is 1. The van der Waals surface area contributed by atoms with Crippen LogP contribution in [0, 0.1) is 0 Å². The van der Waals surface area contributed by atoms with Crippen LogP contribution in [-0.4, -0.2) is 37.7 Å². The molecule has 1 atom stereocenters. The Bertz CT molecular complexity index is 656. The van der Waals surface area contributed by atoms with Crippen molar-refractivity contribution in [2.75, 3.05) is 13.6 Å². The molecular weight excluding hydrogens is 361 g/mol. The Kier molecular flexibility index (Phi) is 6.60. The van der Waals surface area contributed by atoms with Crippen molar-refractivity contribution in [1.29, 1.82) is 0 Å². The van der Waals surface area contributed by atoms with Gasteiger partial charge in [-0.1, -0.05) is 36.0 Å². The summed E-state index contributed by atoms with van der Waals surface area (Å²) in [5.41, 5.74) is 5.14. The molecule has 0 heterocycles. The molecule has 0 aliphatic carbocycles. The molecule has 2 N–H and O–H groups in total. The monoisotopic (exact) mass is 374 g/mol. The minimum Gasteiger partial charge on any atom is -0.392 e. The van der Waals surface area contributed by atoms with Gasteiger partial charge in [-0.15, -0.1) is 0 Å². The Morgan fingerprint density at radius 1 is 1.41 bits per heavy atom. The van der Waals surface area contributed by atoms with E-state index in [4.69, 9.17) is 17.3 Å². The van der Waals surface area contributed by atoms with Crippen LogP contribution in [0.15, 0.2) is 18.2 Å². The van der Waals surface area contributed by atoms with E-state index in [0.717, 1.165) is 16.4 Å². The van der Waals surface area contributed by atoms with E-state index in [1.54, 1.807) is 0 Å². The first kappa shape index (κ1) is 19.1. The van der Waals surface area contributed by atoms with Crippen LogP contribution >= 0.6 is 23.8 Å². The van der Waals surface area contributed by atoms with Crippen molar-refractivity contribution in [2.45, 2.75) is 18.3 Å². The van der Waals surface area contributed by atoms with Gasteiger partial charge in [0.2, 0.25) is 10.0 Å². The van der Waals surface area contributed by atoms with E-state index in [2.05, 4.69) is 12.2 Å². The third-order valence-corrected chi connectivity index (χ3v) is 5.04. The number of benzene rings is 1. The average Bonchev–Trinajstić information content (AvgIpc) is 2.39. The maximum absolute atomic E-state index is 13.2. The zero-order valence-electron chi connectivity index (χ0n) is 11.5. The third kappa shape index (κ3) is 5.08. The molecule has 0 bridgehead atoms. The van der Waals surface area contributed by atoms with Crippen molar-refractivity contribution < 1.29 is 21.6 Å². The zero-order chi connectivity index (χ0) is 17.1. The first-order valence-electron chi connectivity index (χ1n) is 5.97. The Labute approximate surface area is 137 Å². The molecule has 0 aliphatic heterocycles. The summed E-state index contributed by atoms with van der Waals surface area (Å²) in [6.45, 7) is -0.134. The van der Waals surface area contributed by atoms with Gasteiger partial charge in [0.05, 0.1) is 17.3 Å². The average molecular weight is 375 g/mol. The summed E-state index contributed by atoms with van der Waals surface area (Å²) >= 11 is 10.5. The first-order valence-corrected chi connectivity index (χ1v) is 8.37. The molecule has 0 aromatic heterocycles. The van der Waals surface area contributed by atoms with E-state index in [1.165, 1.54) is 13.1 Å². The predicted octanol–water partition coefficient (Wildman–Crippen LogP) is 2.66. The summed E-state index contributed by atoms with van der Waals surface area (Å²) in [6.07, 6.45) is -5.65. The molecule has 10 heteroatoms. The number of likely N-dealkylation sites (N-methyl/N-ethyl adjacent to an activating group) is 1. The molecule has 1 unspecified atom stereocenters. The number of halogens is 4. The van der Waals surface area contributed by atoms with Gasteiger partial charge in [-0.2, -0.15) is 4.31 Å². The van der Waals surface area contributed by atoms with Crippen molar-refractivity contribution in [3.05, 3.63) is 34.3 Å². The van der Waals surface area contributed by atoms with Gasteiger partial charge in [-0.25, -0.2) is 21.6 Å². The highest BCUT2D eigenvalue weighted by molar-refractivity contribution is 7.88. The van der Waals surface area contributed by atoms with E-state index < -0.39 is 28.4 Å². The largest absolute Gasteiger partial charge is 0.392 e. The number of alkyl halides is 3. The minimum absolute atomic E-state index is 0.00437. The lowest BCUT2D eigenvalue weighted by Gasteiger charge is -2.17. The summed E-state index contributed by atoms with van der Waals surface area (Å²) < 4.78 is 62.9. The van der Waals surface area contributed by atoms with Crippen LogP contribution in [0.4, 0.5) is 13.2 Å². The second kappa shape index (κ2) is 7.58. The van der Waals surface area contributed by atoms with Crippen LogP contribution < -0.4 is 5.73 Å². The normalized spacial score (nSPS) is 13.6. The summed E-state index contributed by atoms with van der Waals surface area (Å²) in [6, 6.07) is 3.29. The molecule has 0 amide bonds. The van der Waals surface area contributed by atoms with Crippen molar-refractivity contribution in [3.63, 3.8) is 0 Å². The fourth-order valence-corrected chi connectivity index (χ4v) is 3.43. The number of hydrogen-bond acceptors (Lipinski definition) is 3. The van der Waals surface area contributed by atoms with E-state index in [9.17, 15) is 21.6 Å². The lowest BCUT2D eigenvalue weighted by atomic mass is 10.1. The molecule has 0 saturated heterocycles. The molecule has 0 fully saturated rings. The van der Waals surface area contributed by atoms with E-state index in [-0.39, 0.29) is 27.7 Å². The van der Waals surface area contributed by atoms with Gasteiger partial charge in [0.15, 0.2) is 6.17 Å². The molecule has 0 aliphatic rings. The summed E-state index contributed by atoms with van der Waals surface area (Å²) in [5, 5.41) is -0.104. The summed E-state index contributed by atoms with van der Waals surface area (Å²) in [5.74, 6) is -0.475. The molecular formula is C12H14ClF3N2O2S2. The first-order chi connectivity index (χ1) is 10.0. The Morgan fingerprint density at radius 2 is 2.00 bits per heavy atom. The van der Waals surface area contributed by atoms with Gasteiger partial charge >= 0.3 is 0 Å². The molecule has 4 nitrogen and oxygen atoms in total. The van der Waals surface area contributed by atoms with E-state index >= 15 is 0 Å². The van der Waals surface area contributed by atoms with Gasteiger partial charge in [-0.05, 0) is 17.2 Å². The van der Waals surface area contributed by atoms with Gasteiger partial charge in [-0.3, -0.25) is 0 Å². The standard InChI is InChI=1S/C12H14ClF3N2O2S2/c1-18(5-10(17)21)22(19,20)6-8-3-2-7(4-9(8)13)11(14)12(15)16/h2-4,11-12H,5-6H2,1H3,(H2,17,21). The van der Waals surface area contributed by atoms with Crippen molar-refractivity contribution in [3.8, 4) is 0 Å². The molecule has 124 valence electrons. The summed E-state index contributed by atoms with van der Waals surface area (Å²) in [7, 11) is -2.44. The lowest BCUT2D eigenvalue weighted by molar-refractivity contribution is 0.0496. The topological polar surface area (TPSA) is 63.4 Å². The van der Waals surface area contributed by atoms with Crippen LogP contribution in [0.1, 0.15) is 17.3 Å². The number of hydrogen-bond donors (Lipinski definition) is 1. The van der Waals surface area contributed by atoms with Crippen LogP contribution in [-0.2, 0) is 15.8 Å². The van der Waals surface area contributed by atoms with E-state index in [1.807, 2.05) is 0 Å². The SMILES string of the molecule is CN(CC(N)=S)S(=O)(=O)Cc1ccc(C(F)C(F)F)cc1Cl. The molecule has 1 aromatic rings. The molecule has 0 spiro atoms. The van der Waals surface area contributed by atoms with Gasteiger partial charge in [0.1, 0.15) is 0 Å². The second-order valence-electron chi connectivity index (χ2n) is 4.57. The fraction of sp³-hybridized carbons (Fsp3) is 0.417. The predicted molar refractivity (Wildman–Crippen MR) is 83.3 cm³/mol. The number of rotatable bonds is 7. The fourth-order valence-electron chi connectivity index (χ4n) is 1.62. The van der Waals surface area contributed by atoms with Crippen molar-refractivity contribution in [1.82, 2.24) is 4.31 Å². The van der Waals surface area contributed by atoms with Gasteiger partial charge < -0.3 is 5.73 Å². The third-order valence-electron chi connectivity index (χ3n) is 2.81. The highest BCUT2D eigenvalue weighted by atomic mass is 35.5. The second-order valence-corrected chi connectivity index (χ2v) is 7.57. The van der Waals surface area contributed by atoms with Crippen molar-refractivity contribution >= 4 is 38.8 Å².